The number of hydrogen-bond donors (Lipinski definition) is 2. The average molecular weight is 305 g/mol. The van der Waals surface area contributed by atoms with Crippen molar-refractivity contribution in [3.05, 3.63) is 29.3 Å². The Morgan fingerprint density at radius 1 is 1.29 bits per heavy atom. The first-order valence-corrected chi connectivity index (χ1v) is 6.85. The van der Waals surface area contributed by atoms with Crippen molar-refractivity contribution in [2.75, 3.05) is 13.2 Å². The number of aryl methyl sites for hydroxylation is 2. The fraction of sp³-hybridized carbons (Fsp3) is 0.600. The molecule has 2 N–H and O–H groups in total. The summed E-state index contributed by atoms with van der Waals surface area (Å²) < 4.78 is 41.9. The van der Waals surface area contributed by atoms with E-state index < -0.39 is 24.7 Å². The van der Waals surface area contributed by atoms with Gasteiger partial charge in [0.05, 0.1) is 6.42 Å². The molecule has 0 unspecified atom stereocenters. The van der Waals surface area contributed by atoms with E-state index in [1.807, 2.05) is 32.0 Å². The van der Waals surface area contributed by atoms with Crippen LogP contribution in [-0.4, -0.2) is 36.6 Å². The van der Waals surface area contributed by atoms with Crippen LogP contribution in [0.5, 0.6) is 5.75 Å². The standard InChI is InChI=1S/C15H22F3NO2/c1-10-4-5-14(11(2)6-10)21-9-13(20)8-19-12(3)7-15(16,17)18/h4-6,12-13,19-20H,7-9H2,1-3H3/t12-,13-/m0/s1. The number of aliphatic hydroxyl groups is 1. The molecule has 1 aromatic rings. The summed E-state index contributed by atoms with van der Waals surface area (Å²) in [5.74, 6) is 0.669. The van der Waals surface area contributed by atoms with Crippen molar-refractivity contribution in [3.8, 4) is 5.75 Å². The van der Waals surface area contributed by atoms with Gasteiger partial charge in [0.15, 0.2) is 0 Å². The number of ether oxygens (including phenoxy) is 1. The van der Waals surface area contributed by atoms with Gasteiger partial charge in [0, 0.05) is 12.6 Å². The highest BCUT2D eigenvalue weighted by Gasteiger charge is 2.29. The molecular formula is C15H22F3NO2. The lowest BCUT2D eigenvalue weighted by atomic mass is 10.1. The number of benzene rings is 1. The van der Waals surface area contributed by atoms with Gasteiger partial charge in [0.1, 0.15) is 18.5 Å². The molecule has 0 fully saturated rings. The van der Waals surface area contributed by atoms with E-state index in [0.717, 1.165) is 11.1 Å². The summed E-state index contributed by atoms with van der Waals surface area (Å²) in [6, 6.07) is 4.95. The highest BCUT2D eigenvalue weighted by molar-refractivity contribution is 5.35. The van der Waals surface area contributed by atoms with E-state index in [4.69, 9.17) is 4.74 Å². The first-order chi connectivity index (χ1) is 9.67. The molecule has 21 heavy (non-hydrogen) atoms. The van der Waals surface area contributed by atoms with Gasteiger partial charge in [0.2, 0.25) is 0 Å². The smallest absolute Gasteiger partial charge is 0.390 e. The van der Waals surface area contributed by atoms with E-state index in [1.165, 1.54) is 6.92 Å². The molecular weight excluding hydrogens is 283 g/mol. The van der Waals surface area contributed by atoms with Crippen molar-refractivity contribution in [2.24, 2.45) is 0 Å². The molecule has 0 aromatic heterocycles. The van der Waals surface area contributed by atoms with E-state index in [9.17, 15) is 18.3 Å². The van der Waals surface area contributed by atoms with Crippen LogP contribution in [0.25, 0.3) is 0 Å². The maximum atomic E-state index is 12.1. The van der Waals surface area contributed by atoms with Crippen LogP contribution < -0.4 is 10.1 Å². The van der Waals surface area contributed by atoms with Gasteiger partial charge < -0.3 is 15.2 Å². The maximum absolute atomic E-state index is 12.1. The van der Waals surface area contributed by atoms with Gasteiger partial charge in [-0.2, -0.15) is 13.2 Å². The molecule has 0 aliphatic heterocycles. The van der Waals surface area contributed by atoms with Crippen LogP contribution in [0.2, 0.25) is 0 Å². The molecule has 1 aromatic carbocycles. The molecule has 0 bridgehead atoms. The second kappa shape index (κ2) is 7.66. The first-order valence-electron chi connectivity index (χ1n) is 6.85. The zero-order valence-corrected chi connectivity index (χ0v) is 12.5. The van der Waals surface area contributed by atoms with Crippen LogP contribution in [0.15, 0.2) is 18.2 Å². The quantitative estimate of drug-likeness (QED) is 0.814. The van der Waals surface area contributed by atoms with Gasteiger partial charge in [-0.05, 0) is 32.4 Å². The normalized spacial score (nSPS) is 14.8. The third kappa shape index (κ3) is 7.34. The molecule has 6 heteroatoms. The Hall–Kier alpha value is -1.27. The lowest BCUT2D eigenvalue weighted by molar-refractivity contribution is -0.139. The average Bonchev–Trinajstić information content (AvgIpc) is 2.33. The predicted molar refractivity (Wildman–Crippen MR) is 75.6 cm³/mol. The summed E-state index contributed by atoms with van der Waals surface area (Å²) in [5, 5.41) is 12.4. The fourth-order valence-corrected chi connectivity index (χ4v) is 1.96. The van der Waals surface area contributed by atoms with Crippen LogP contribution in [-0.2, 0) is 0 Å². The number of alkyl halides is 3. The van der Waals surface area contributed by atoms with Gasteiger partial charge in [-0.3, -0.25) is 0 Å². The summed E-state index contributed by atoms with van der Waals surface area (Å²) in [4.78, 5) is 0. The molecule has 120 valence electrons. The van der Waals surface area contributed by atoms with Crippen LogP contribution in [0, 0.1) is 13.8 Å². The maximum Gasteiger partial charge on any atom is 0.390 e. The van der Waals surface area contributed by atoms with E-state index in [-0.39, 0.29) is 13.2 Å². The van der Waals surface area contributed by atoms with Gasteiger partial charge in [-0.25, -0.2) is 0 Å². The minimum absolute atomic E-state index is 0.0373. The van der Waals surface area contributed by atoms with E-state index in [2.05, 4.69) is 5.32 Å². The Labute approximate surface area is 123 Å². The minimum Gasteiger partial charge on any atom is -0.491 e. The highest BCUT2D eigenvalue weighted by atomic mass is 19.4. The number of nitrogens with one attached hydrogen (secondary N) is 1. The van der Waals surface area contributed by atoms with Gasteiger partial charge >= 0.3 is 6.18 Å². The number of hydrogen-bond acceptors (Lipinski definition) is 3. The molecule has 1 rings (SSSR count). The van der Waals surface area contributed by atoms with Crippen molar-refractivity contribution in [1.82, 2.24) is 5.32 Å². The van der Waals surface area contributed by atoms with E-state index in [1.54, 1.807) is 0 Å². The molecule has 0 amide bonds. The SMILES string of the molecule is Cc1ccc(OC[C@@H](O)CN[C@@H](C)CC(F)(F)F)c(C)c1. The summed E-state index contributed by atoms with van der Waals surface area (Å²) in [6.45, 7) is 5.40. The van der Waals surface area contributed by atoms with Gasteiger partial charge in [-0.15, -0.1) is 0 Å². The molecule has 2 atom stereocenters. The Bertz CT molecular complexity index is 449. The van der Waals surface area contributed by atoms with Crippen molar-refractivity contribution in [2.45, 2.75) is 45.5 Å². The molecule has 3 nitrogen and oxygen atoms in total. The predicted octanol–water partition coefficient (Wildman–Crippen LogP) is 2.97. The van der Waals surface area contributed by atoms with Crippen molar-refractivity contribution in [3.63, 3.8) is 0 Å². The largest absolute Gasteiger partial charge is 0.491 e. The topological polar surface area (TPSA) is 41.5 Å². The van der Waals surface area contributed by atoms with Crippen molar-refractivity contribution in [1.29, 1.82) is 0 Å². The van der Waals surface area contributed by atoms with Crippen LogP contribution in [0.1, 0.15) is 24.5 Å². The Balaban J connectivity index is 2.32. The highest BCUT2D eigenvalue weighted by Crippen LogP contribution is 2.21. The zero-order chi connectivity index (χ0) is 16.0. The van der Waals surface area contributed by atoms with Crippen molar-refractivity contribution >= 4 is 0 Å². The summed E-state index contributed by atoms with van der Waals surface area (Å²) in [7, 11) is 0. The van der Waals surface area contributed by atoms with Crippen LogP contribution in [0.4, 0.5) is 13.2 Å². The van der Waals surface area contributed by atoms with Crippen molar-refractivity contribution < 1.29 is 23.0 Å². The van der Waals surface area contributed by atoms with Gasteiger partial charge in [0.25, 0.3) is 0 Å². The summed E-state index contributed by atoms with van der Waals surface area (Å²) in [5.41, 5.74) is 2.07. The number of aliphatic hydroxyl groups excluding tert-OH is 1. The lowest BCUT2D eigenvalue weighted by Crippen LogP contribution is -2.38. The molecule has 0 aliphatic rings. The third-order valence-electron chi connectivity index (χ3n) is 3.00. The van der Waals surface area contributed by atoms with Crippen LogP contribution in [0.3, 0.4) is 0 Å². The first kappa shape index (κ1) is 17.8. The molecule has 0 spiro atoms. The molecule has 0 heterocycles. The zero-order valence-electron chi connectivity index (χ0n) is 12.5. The minimum atomic E-state index is -4.20. The van der Waals surface area contributed by atoms with Gasteiger partial charge in [-0.1, -0.05) is 17.7 Å². The number of rotatable bonds is 7. The summed E-state index contributed by atoms with van der Waals surface area (Å²) in [6.07, 6.45) is -5.98. The van der Waals surface area contributed by atoms with Crippen LogP contribution >= 0.6 is 0 Å². The molecule has 0 radical (unpaired) electrons. The second-order valence-electron chi connectivity index (χ2n) is 5.36. The summed E-state index contributed by atoms with van der Waals surface area (Å²) >= 11 is 0. The molecule has 0 saturated carbocycles. The molecule has 0 aliphatic carbocycles. The van der Waals surface area contributed by atoms with E-state index >= 15 is 0 Å². The van der Waals surface area contributed by atoms with E-state index in [0.29, 0.717) is 5.75 Å². The second-order valence-corrected chi connectivity index (χ2v) is 5.36. The Kier molecular flexibility index (Phi) is 6.48. The fourth-order valence-electron chi connectivity index (χ4n) is 1.96. The lowest BCUT2D eigenvalue weighted by Gasteiger charge is -2.19. The molecule has 0 saturated heterocycles. The monoisotopic (exact) mass is 305 g/mol. The number of halogens is 3. The third-order valence-corrected chi connectivity index (χ3v) is 3.00. The Morgan fingerprint density at radius 3 is 2.52 bits per heavy atom. The Morgan fingerprint density at radius 2 is 1.95 bits per heavy atom.